The molecule has 7 aromatic carbocycles. The summed E-state index contributed by atoms with van der Waals surface area (Å²) >= 11 is 0. The van der Waals surface area contributed by atoms with E-state index < -0.39 is 7.14 Å². The number of allylic oxidation sites excluding steroid dienone is 3. The van der Waals surface area contributed by atoms with Gasteiger partial charge < -0.3 is 4.57 Å². The maximum atomic E-state index is 16.3. The molecule has 2 aliphatic carbocycles. The smallest absolute Gasteiger partial charge is 0.172 e. The van der Waals surface area contributed by atoms with E-state index in [4.69, 9.17) is 0 Å². The van der Waals surface area contributed by atoms with Gasteiger partial charge in [0, 0.05) is 15.9 Å². The van der Waals surface area contributed by atoms with E-state index in [1.807, 2.05) is 30.3 Å². The highest BCUT2D eigenvalue weighted by molar-refractivity contribution is 7.86. The van der Waals surface area contributed by atoms with Crippen molar-refractivity contribution in [3.63, 3.8) is 0 Å². The van der Waals surface area contributed by atoms with Gasteiger partial charge in [0.2, 0.25) is 0 Å². The SMILES string of the molecule is C=Cc1ccc(P(=O)(c2ccc3c4c5c(ccc24)C=CCC5=CC3)c2ccc3ccc4cccc5ccc2c3c45)cc1. The van der Waals surface area contributed by atoms with Crippen molar-refractivity contribution < 1.29 is 4.57 Å². The van der Waals surface area contributed by atoms with Crippen molar-refractivity contribution >= 4 is 83.9 Å². The minimum absolute atomic E-state index is 0.850. The van der Waals surface area contributed by atoms with Crippen LogP contribution in [0.2, 0.25) is 0 Å². The number of benzene rings is 7. The Balaban J connectivity index is 1.43. The summed E-state index contributed by atoms with van der Waals surface area (Å²) in [5, 5.41) is 12.2. The molecule has 0 N–H and O–H groups in total. The summed E-state index contributed by atoms with van der Waals surface area (Å²) in [6.45, 7) is 3.95. The van der Waals surface area contributed by atoms with Gasteiger partial charge >= 0.3 is 0 Å². The van der Waals surface area contributed by atoms with Crippen molar-refractivity contribution in [2.24, 2.45) is 0 Å². The summed E-state index contributed by atoms with van der Waals surface area (Å²) < 4.78 is 16.3. The standard InChI is InChI=1S/C40H27OP/c1-2-25-9-19-32(20-10-25)42(41,35-23-17-30-13-11-26-5-3-7-28-15-21-33(35)39(30)37(26)28)36-24-18-31-14-12-27-6-4-8-29-16-22-34(36)40(31)38(27)29/h2-5,7-13,15-24H,1,6,14H2. The van der Waals surface area contributed by atoms with Crippen molar-refractivity contribution in [1.29, 1.82) is 0 Å². The number of rotatable bonds is 4. The normalized spacial score (nSPS) is 15.4. The van der Waals surface area contributed by atoms with E-state index in [1.54, 1.807) is 0 Å². The highest BCUT2D eigenvalue weighted by Crippen LogP contribution is 2.50. The van der Waals surface area contributed by atoms with Crippen LogP contribution in [0.3, 0.4) is 0 Å². The molecule has 0 saturated carbocycles. The fourth-order valence-electron chi connectivity index (χ4n) is 7.50. The van der Waals surface area contributed by atoms with Gasteiger partial charge in [0.05, 0.1) is 0 Å². The molecule has 42 heavy (non-hydrogen) atoms. The second-order valence-corrected chi connectivity index (χ2v) is 14.3. The van der Waals surface area contributed by atoms with Gasteiger partial charge in [0.15, 0.2) is 7.14 Å². The minimum Gasteiger partial charge on any atom is -0.309 e. The minimum atomic E-state index is -3.33. The van der Waals surface area contributed by atoms with E-state index in [2.05, 4.69) is 104 Å². The Morgan fingerprint density at radius 3 is 2.10 bits per heavy atom. The third kappa shape index (κ3) is 3.12. The third-order valence-electron chi connectivity index (χ3n) is 9.48. The predicted octanol–water partition coefficient (Wildman–Crippen LogP) is 9.38. The first kappa shape index (κ1) is 23.9. The first-order valence-corrected chi connectivity index (χ1v) is 16.3. The molecule has 9 rings (SSSR count). The van der Waals surface area contributed by atoms with Crippen molar-refractivity contribution in [1.82, 2.24) is 0 Å². The molecule has 0 fully saturated rings. The first-order chi connectivity index (χ1) is 20.6. The molecule has 1 atom stereocenters. The lowest BCUT2D eigenvalue weighted by molar-refractivity contribution is 0.593. The Hall–Kier alpha value is -4.71. The van der Waals surface area contributed by atoms with Crippen molar-refractivity contribution in [2.75, 3.05) is 0 Å². The molecule has 0 aliphatic heterocycles. The van der Waals surface area contributed by atoms with Crippen LogP contribution in [0, 0.1) is 0 Å². The summed E-state index contributed by atoms with van der Waals surface area (Å²) in [5.74, 6) is 0. The fraction of sp³-hybridized carbons (Fsp3) is 0.0500. The molecule has 2 heteroatoms. The first-order valence-electron chi connectivity index (χ1n) is 14.6. The van der Waals surface area contributed by atoms with E-state index >= 15 is 4.57 Å². The average molecular weight is 555 g/mol. The van der Waals surface area contributed by atoms with Crippen LogP contribution in [0.25, 0.3) is 60.8 Å². The molecule has 0 heterocycles. The summed E-state index contributed by atoms with van der Waals surface area (Å²) in [4.78, 5) is 0. The molecule has 0 aromatic heterocycles. The van der Waals surface area contributed by atoms with Gasteiger partial charge in [-0.05, 0) is 95.9 Å². The fourth-order valence-corrected chi connectivity index (χ4v) is 10.5. The van der Waals surface area contributed by atoms with Gasteiger partial charge in [0.25, 0.3) is 0 Å². The highest BCUT2D eigenvalue weighted by atomic mass is 31.2. The zero-order chi connectivity index (χ0) is 28.0. The molecule has 0 saturated heterocycles. The molecule has 2 aliphatic rings. The molecular formula is C40H27OP. The Morgan fingerprint density at radius 1 is 0.643 bits per heavy atom. The molecule has 0 bridgehead atoms. The molecule has 0 radical (unpaired) electrons. The van der Waals surface area contributed by atoms with Crippen LogP contribution in [-0.2, 0) is 11.0 Å². The molecule has 198 valence electrons. The number of hydrogen-bond donors (Lipinski definition) is 0. The Bertz CT molecular complexity index is 2370. The lowest BCUT2D eigenvalue weighted by Gasteiger charge is -2.28. The predicted molar refractivity (Wildman–Crippen MR) is 182 cm³/mol. The van der Waals surface area contributed by atoms with E-state index in [1.165, 1.54) is 54.6 Å². The Labute approximate surface area is 244 Å². The maximum Gasteiger partial charge on any atom is 0.172 e. The summed E-state index contributed by atoms with van der Waals surface area (Å²) in [5.41, 5.74) is 6.29. The average Bonchev–Trinajstić information content (AvgIpc) is 3.05. The van der Waals surface area contributed by atoms with Crippen LogP contribution in [0.1, 0.15) is 28.7 Å². The van der Waals surface area contributed by atoms with Gasteiger partial charge in [-0.25, -0.2) is 0 Å². The lowest BCUT2D eigenvalue weighted by Crippen LogP contribution is -2.27. The monoisotopic (exact) mass is 554 g/mol. The van der Waals surface area contributed by atoms with E-state index in [0.29, 0.717) is 0 Å². The zero-order valence-corrected chi connectivity index (χ0v) is 24.0. The Morgan fingerprint density at radius 2 is 1.31 bits per heavy atom. The van der Waals surface area contributed by atoms with Crippen LogP contribution in [0.5, 0.6) is 0 Å². The number of hydrogen-bond acceptors (Lipinski definition) is 1. The van der Waals surface area contributed by atoms with E-state index in [-0.39, 0.29) is 0 Å². The molecule has 1 unspecified atom stereocenters. The zero-order valence-electron chi connectivity index (χ0n) is 23.1. The molecule has 1 nitrogen and oxygen atoms in total. The van der Waals surface area contributed by atoms with Gasteiger partial charge in [-0.1, -0.05) is 122 Å². The molecule has 7 aromatic rings. The van der Waals surface area contributed by atoms with Crippen LogP contribution >= 0.6 is 7.14 Å². The van der Waals surface area contributed by atoms with Gasteiger partial charge in [0.1, 0.15) is 0 Å². The second kappa shape index (κ2) is 8.65. The van der Waals surface area contributed by atoms with Crippen LogP contribution in [0.4, 0.5) is 0 Å². The van der Waals surface area contributed by atoms with E-state index in [9.17, 15) is 0 Å². The summed E-state index contributed by atoms with van der Waals surface area (Å²) in [7, 11) is -3.33. The summed E-state index contributed by atoms with van der Waals surface area (Å²) in [6.07, 6.45) is 10.6. The van der Waals surface area contributed by atoms with Gasteiger partial charge in [-0.3, -0.25) is 0 Å². The van der Waals surface area contributed by atoms with Crippen molar-refractivity contribution in [2.45, 2.75) is 12.8 Å². The van der Waals surface area contributed by atoms with Gasteiger partial charge in [-0.2, -0.15) is 0 Å². The topological polar surface area (TPSA) is 17.1 Å². The van der Waals surface area contributed by atoms with Crippen molar-refractivity contribution in [3.8, 4) is 0 Å². The lowest BCUT2D eigenvalue weighted by atomic mass is 9.81. The highest BCUT2D eigenvalue weighted by Gasteiger charge is 2.35. The van der Waals surface area contributed by atoms with E-state index in [0.717, 1.165) is 45.1 Å². The second-order valence-electron chi connectivity index (χ2n) is 11.6. The molecule has 0 spiro atoms. The third-order valence-corrected chi connectivity index (χ3v) is 12.6. The maximum absolute atomic E-state index is 16.3. The van der Waals surface area contributed by atoms with Crippen LogP contribution < -0.4 is 15.9 Å². The van der Waals surface area contributed by atoms with Crippen LogP contribution in [0.15, 0.2) is 122 Å². The molecule has 0 amide bonds. The quantitative estimate of drug-likeness (QED) is 0.156. The molecular weight excluding hydrogens is 527 g/mol. The summed E-state index contributed by atoms with van der Waals surface area (Å²) in [6, 6.07) is 36.5. The largest absolute Gasteiger partial charge is 0.309 e. The van der Waals surface area contributed by atoms with Gasteiger partial charge in [-0.15, -0.1) is 0 Å². The Kier molecular flexibility index (Phi) is 4.93. The van der Waals surface area contributed by atoms with Crippen LogP contribution in [-0.4, -0.2) is 0 Å². The van der Waals surface area contributed by atoms with Crippen molar-refractivity contribution in [3.05, 3.63) is 144 Å².